The molecule has 1 aliphatic heterocycles. The Labute approximate surface area is 106 Å². The molecule has 1 aromatic rings. The number of aliphatic hydroxyl groups is 1. The maximum absolute atomic E-state index is 12.3. The van der Waals surface area contributed by atoms with E-state index in [0.717, 1.165) is 5.69 Å². The third-order valence-electron chi connectivity index (χ3n) is 3.08. The van der Waals surface area contributed by atoms with Gasteiger partial charge in [-0.15, -0.1) is 0 Å². The van der Waals surface area contributed by atoms with E-state index in [1.807, 2.05) is 24.3 Å². The van der Waals surface area contributed by atoms with E-state index in [1.54, 1.807) is 12.0 Å². The van der Waals surface area contributed by atoms with Gasteiger partial charge in [-0.3, -0.25) is 4.79 Å². The Balaban J connectivity index is 2.23. The predicted octanol–water partition coefficient (Wildman–Crippen LogP) is 0.382. The van der Waals surface area contributed by atoms with Gasteiger partial charge in [0.2, 0.25) is 5.91 Å². The predicted molar refractivity (Wildman–Crippen MR) is 68.8 cm³/mol. The summed E-state index contributed by atoms with van der Waals surface area (Å²) in [7, 11) is 1.59. The normalized spacial score (nSPS) is 20.0. The van der Waals surface area contributed by atoms with Gasteiger partial charge in [0.05, 0.1) is 18.8 Å². The van der Waals surface area contributed by atoms with E-state index >= 15 is 0 Å². The molecule has 5 nitrogen and oxygen atoms in total. The number of aliphatic hydroxyl groups excluding tert-OH is 1. The fourth-order valence-electron chi connectivity index (χ4n) is 2.18. The van der Waals surface area contributed by atoms with Crippen LogP contribution in [0.25, 0.3) is 0 Å². The van der Waals surface area contributed by atoms with E-state index in [2.05, 4.69) is 5.32 Å². The molecule has 0 aliphatic carbocycles. The van der Waals surface area contributed by atoms with Crippen LogP contribution >= 0.6 is 0 Å². The highest BCUT2D eigenvalue weighted by Crippen LogP contribution is 2.28. The molecule has 1 aromatic carbocycles. The standard InChI is InChI=1S/C13H18N2O3/c1-18-12-5-3-2-4-11(12)15-8-7-14-10(6-9-16)13(15)17/h2-5,10,14,16H,6-9H2,1H3. The molecule has 98 valence electrons. The number of para-hydroxylation sites is 2. The zero-order chi connectivity index (χ0) is 13.0. The minimum atomic E-state index is -0.311. The monoisotopic (exact) mass is 250 g/mol. The summed E-state index contributed by atoms with van der Waals surface area (Å²) in [6, 6.07) is 7.16. The molecule has 0 saturated carbocycles. The van der Waals surface area contributed by atoms with Crippen molar-refractivity contribution >= 4 is 11.6 Å². The highest BCUT2D eigenvalue weighted by molar-refractivity contribution is 5.99. The quantitative estimate of drug-likeness (QED) is 0.811. The van der Waals surface area contributed by atoms with Crippen molar-refractivity contribution < 1.29 is 14.6 Å². The number of hydrogen-bond donors (Lipinski definition) is 2. The summed E-state index contributed by atoms with van der Waals surface area (Å²) in [5.74, 6) is 0.676. The average molecular weight is 250 g/mol. The van der Waals surface area contributed by atoms with Crippen LogP contribution < -0.4 is 15.0 Å². The minimum absolute atomic E-state index is 0.00315. The maximum atomic E-state index is 12.3. The SMILES string of the molecule is COc1ccccc1N1CCNC(CCO)C1=O. The van der Waals surface area contributed by atoms with Crippen molar-refractivity contribution in [3.05, 3.63) is 24.3 Å². The molecule has 1 heterocycles. The van der Waals surface area contributed by atoms with Crippen molar-refractivity contribution in [3.8, 4) is 5.75 Å². The number of nitrogens with zero attached hydrogens (tertiary/aromatic N) is 1. The molecule has 1 amide bonds. The molecule has 0 aromatic heterocycles. The van der Waals surface area contributed by atoms with Crippen LogP contribution in [0.4, 0.5) is 5.69 Å². The second-order valence-electron chi connectivity index (χ2n) is 4.18. The number of benzene rings is 1. The van der Waals surface area contributed by atoms with Crippen molar-refractivity contribution in [1.29, 1.82) is 0 Å². The molecule has 2 rings (SSSR count). The highest BCUT2D eigenvalue weighted by atomic mass is 16.5. The molecule has 1 unspecified atom stereocenters. The Kier molecular flexibility index (Phi) is 4.17. The van der Waals surface area contributed by atoms with Gasteiger partial charge in [-0.1, -0.05) is 12.1 Å². The Hall–Kier alpha value is -1.59. The van der Waals surface area contributed by atoms with Crippen molar-refractivity contribution in [2.45, 2.75) is 12.5 Å². The summed E-state index contributed by atoms with van der Waals surface area (Å²) < 4.78 is 5.28. The van der Waals surface area contributed by atoms with Crippen LogP contribution in [-0.2, 0) is 4.79 Å². The van der Waals surface area contributed by atoms with Crippen LogP contribution in [0, 0.1) is 0 Å². The van der Waals surface area contributed by atoms with Crippen LogP contribution in [0.2, 0.25) is 0 Å². The lowest BCUT2D eigenvalue weighted by Gasteiger charge is -2.33. The number of nitrogens with one attached hydrogen (secondary N) is 1. The second kappa shape index (κ2) is 5.84. The number of ether oxygens (including phenoxy) is 1. The summed E-state index contributed by atoms with van der Waals surface area (Å²) in [5.41, 5.74) is 0.787. The Morgan fingerprint density at radius 2 is 2.28 bits per heavy atom. The van der Waals surface area contributed by atoms with Gasteiger partial charge >= 0.3 is 0 Å². The van der Waals surface area contributed by atoms with Crippen LogP contribution in [0.5, 0.6) is 5.75 Å². The zero-order valence-corrected chi connectivity index (χ0v) is 10.4. The summed E-state index contributed by atoms with van der Waals surface area (Å²) in [6.45, 7) is 1.33. The first-order valence-corrected chi connectivity index (χ1v) is 6.06. The largest absolute Gasteiger partial charge is 0.495 e. The van der Waals surface area contributed by atoms with E-state index in [-0.39, 0.29) is 18.6 Å². The lowest BCUT2D eigenvalue weighted by atomic mass is 10.1. The van der Waals surface area contributed by atoms with E-state index in [9.17, 15) is 4.79 Å². The van der Waals surface area contributed by atoms with Gasteiger partial charge in [0.1, 0.15) is 5.75 Å². The molecule has 0 radical (unpaired) electrons. The minimum Gasteiger partial charge on any atom is -0.495 e. The molecule has 18 heavy (non-hydrogen) atoms. The van der Waals surface area contributed by atoms with Gasteiger partial charge < -0.3 is 20.1 Å². The zero-order valence-electron chi connectivity index (χ0n) is 10.4. The highest BCUT2D eigenvalue weighted by Gasteiger charge is 2.30. The van der Waals surface area contributed by atoms with Crippen LogP contribution in [0.3, 0.4) is 0 Å². The number of carbonyl (C=O) groups excluding carboxylic acids is 1. The summed E-state index contributed by atoms with van der Waals surface area (Å²) in [4.78, 5) is 14.0. The number of amides is 1. The fourth-order valence-corrected chi connectivity index (χ4v) is 2.18. The van der Waals surface area contributed by atoms with Crippen LogP contribution in [0.1, 0.15) is 6.42 Å². The van der Waals surface area contributed by atoms with Gasteiger partial charge in [0.25, 0.3) is 0 Å². The molecule has 1 atom stereocenters. The van der Waals surface area contributed by atoms with Gasteiger partial charge in [-0.05, 0) is 18.6 Å². The molecule has 2 N–H and O–H groups in total. The van der Waals surface area contributed by atoms with Gasteiger partial charge in [-0.2, -0.15) is 0 Å². The van der Waals surface area contributed by atoms with E-state index in [4.69, 9.17) is 9.84 Å². The first-order chi connectivity index (χ1) is 8.77. The molecule has 0 bridgehead atoms. The number of methoxy groups -OCH3 is 1. The number of anilines is 1. The Bertz CT molecular complexity index is 420. The number of carbonyl (C=O) groups is 1. The number of piperazine rings is 1. The fraction of sp³-hybridized carbons (Fsp3) is 0.462. The molecular weight excluding hydrogens is 232 g/mol. The molecular formula is C13H18N2O3. The summed E-state index contributed by atoms with van der Waals surface area (Å²) in [6.07, 6.45) is 0.435. The van der Waals surface area contributed by atoms with E-state index < -0.39 is 0 Å². The van der Waals surface area contributed by atoms with Crippen molar-refractivity contribution in [3.63, 3.8) is 0 Å². The van der Waals surface area contributed by atoms with Crippen molar-refractivity contribution in [2.24, 2.45) is 0 Å². The lowest BCUT2D eigenvalue weighted by Crippen LogP contribution is -2.55. The second-order valence-corrected chi connectivity index (χ2v) is 4.18. The average Bonchev–Trinajstić information content (AvgIpc) is 2.41. The molecule has 1 fully saturated rings. The van der Waals surface area contributed by atoms with E-state index in [1.165, 1.54) is 0 Å². The van der Waals surface area contributed by atoms with Crippen molar-refractivity contribution in [2.75, 3.05) is 31.7 Å². The Morgan fingerprint density at radius 3 is 3.00 bits per heavy atom. The van der Waals surface area contributed by atoms with Gasteiger partial charge in [-0.25, -0.2) is 0 Å². The Morgan fingerprint density at radius 1 is 1.50 bits per heavy atom. The van der Waals surface area contributed by atoms with Gasteiger partial charge in [0.15, 0.2) is 0 Å². The number of rotatable bonds is 4. The lowest BCUT2D eigenvalue weighted by molar-refractivity contribution is -0.122. The molecule has 1 aliphatic rings. The smallest absolute Gasteiger partial charge is 0.244 e. The van der Waals surface area contributed by atoms with Crippen LogP contribution in [-0.4, -0.2) is 43.9 Å². The molecule has 0 spiro atoms. The van der Waals surface area contributed by atoms with Crippen molar-refractivity contribution in [1.82, 2.24) is 5.32 Å². The molecule has 5 heteroatoms. The molecule has 1 saturated heterocycles. The topological polar surface area (TPSA) is 61.8 Å². The first-order valence-electron chi connectivity index (χ1n) is 6.06. The maximum Gasteiger partial charge on any atom is 0.244 e. The van der Waals surface area contributed by atoms with Crippen LogP contribution in [0.15, 0.2) is 24.3 Å². The third kappa shape index (κ3) is 2.47. The third-order valence-corrected chi connectivity index (χ3v) is 3.08. The number of hydrogen-bond acceptors (Lipinski definition) is 4. The summed E-state index contributed by atoms with van der Waals surface area (Å²) >= 11 is 0. The summed E-state index contributed by atoms with van der Waals surface area (Å²) in [5, 5.41) is 12.1. The van der Waals surface area contributed by atoms with E-state index in [0.29, 0.717) is 25.3 Å². The van der Waals surface area contributed by atoms with Gasteiger partial charge in [0, 0.05) is 19.7 Å². The first kappa shape index (κ1) is 12.9.